The highest BCUT2D eigenvalue weighted by Crippen LogP contribution is 2.42. The number of hydrogen-bond donors (Lipinski definition) is 1. The minimum absolute atomic E-state index is 0.545. The molecule has 0 fully saturated rings. The van der Waals surface area contributed by atoms with E-state index in [9.17, 15) is 5.21 Å². The van der Waals surface area contributed by atoms with Gasteiger partial charge in [0, 0.05) is 16.0 Å². The summed E-state index contributed by atoms with van der Waals surface area (Å²) >= 11 is 1.85. The van der Waals surface area contributed by atoms with Crippen LogP contribution in [-0.4, -0.2) is 16.8 Å². The Labute approximate surface area is 181 Å². The molecule has 0 amide bonds. The molecule has 1 N–H and O–H groups in total. The van der Waals surface area contributed by atoms with Gasteiger partial charge >= 0.3 is 0 Å². The van der Waals surface area contributed by atoms with Gasteiger partial charge in [0.05, 0.1) is 6.54 Å². The zero-order chi connectivity index (χ0) is 20.1. The molecule has 1 aromatic heterocycles. The molecule has 2 heterocycles. The first kappa shape index (κ1) is 17.9. The molecule has 0 saturated heterocycles. The van der Waals surface area contributed by atoms with Crippen molar-refractivity contribution < 1.29 is 5.21 Å². The van der Waals surface area contributed by atoms with Crippen LogP contribution in [0.4, 0.5) is 0 Å². The molecule has 1 aliphatic heterocycles. The van der Waals surface area contributed by atoms with E-state index in [1.165, 1.54) is 48.2 Å². The summed E-state index contributed by atoms with van der Waals surface area (Å²) in [5, 5.41) is 10.7. The minimum atomic E-state index is 0.545. The number of thiophene rings is 1. The number of nitrogens with zero attached hydrogens (tertiary/aromatic N) is 1. The smallest absolute Gasteiger partial charge is 0.0636 e. The van der Waals surface area contributed by atoms with E-state index in [2.05, 4.69) is 60.7 Å². The fraction of sp³-hybridized carbons (Fsp3) is 0.185. The van der Waals surface area contributed by atoms with Crippen LogP contribution in [0.2, 0.25) is 0 Å². The molecule has 0 radical (unpaired) electrons. The molecule has 3 aromatic rings. The van der Waals surface area contributed by atoms with E-state index in [1.807, 2.05) is 17.4 Å². The maximum absolute atomic E-state index is 9.51. The van der Waals surface area contributed by atoms with Crippen molar-refractivity contribution in [2.75, 3.05) is 6.54 Å². The molecule has 3 aliphatic rings. The van der Waals surface area contributed by atoms with Crippen LogP contribution >= 0.6 is 11.3 Å². The van der Waals surface area contributed by atoms with Crippen LogP contribution in [0.3, 0.4) is 0 Å². The minimum Gasteiger partial charge on any atom is -0.289 e. The third-order valence-electron chi connectivity index (χ3n) is 6.52. The molecule has 6 rings (SSSR count). The molecular formula is C27H23NOS. The normalized spacial score (nSPS) is 17.0. The van der Waals surface area contributed by atoms with E-state index in [0.29, 0.717) is 6.54 Å². The van der Waals surface area contributed by atoms with Crippen LogP contribution in [0.15, 0.2) is 66.9 Å². The van der Waals surface area contributed by atoms with Crippen LogP contribution in [0, 0.1) is 0 Å². The Morgan fingerprint density at radius 3 is 2.57 bits per heavy atom. The Bertz CT molecular complexity index is 1240. The maximum atomic E-state index is 9.51. The summed E-state index contributed by atoms with van der Waals surface area (Å²) in [6.45, 7) is 0.545. The van der Waals surface area contributed by atoms with E-state index in [4.69, 9.17) is 0 Å². The molecule has 2 aromatic carbocycles. The van der Waals surface area contributed by atoms with E-state index >= 15 is 0 Å². The molecule has 2 nitrogen and oxygen atoms in total. The molecule has 148 valence electrons. The molecule has 0 atom stereocenters. The zero-order valence-corrected chi connectivity index (χ0v) is 17.6. The summed E-state index contributed by atoms with van der Waals surface area (Å²) in [6.07, 6.45) is 12.7. The lowest BCUT2D eigenvalue weighted by atomic mass is 9.78. The molecule has 0 saturated carbocycles. The van der Waals surface area contributed by atoms with Gasteiger partial charge in [-0.05, 0) is 88.4 Å². The summed E-state index contributed by atoms with van der Waals surface area (Å²) in [6, 6.07) is 18.0. The topological polar surface area (TPSA) is 23.5 Å². The van der Waals surface area contributed by atoms with Gasteiger partial charge in [-0.25, -0.2) is 0 Å². The first-order chi connectivity index (χ1) is 14.8. The molecule has 2 aliphatic carbocycles. The van der Waals surface area contributed by atoms with Gasteiger partial charge in [0.2, 0.25) is 0 Å². The van der Waals surface area contributed by atoms with Gasteiger partial charge < -0.3 is 0 Å². The molecular weight excluding hydrogens is 386 g/mol. The fourth-order valence-corrected chi connectivity index (χ4v) is 6.06. The quantitative estimate of drug-likeness (QED) is 0.515. The summed E-state index contributed by atoms with van der Waals surface area (Å²) in [5.41, 5.74) is 11.5. The summed E-state index contributed by atoms with van der Waals surface area (Å²) in [7, 11) is 0. The summed E-state index contributed by atoms with van der Waals surface area (Å²) in [4.78, 5) is 2.63. The van der Waals surface area contributed by atoms with Crippen molar-refractivity contribution in [3.63, 3.8) is 0 Å². The Kier molecular flexibility index (Phi) is 4.26. The molecule has 0 bridgehead atoms. The van der Waals surface area contributed by atoms with Gasteiger partial charge in [-0.3, -0.25) is 10.3 Å². The highest BCUT2D eigenvalue weighted by atomic mass is 32.1. The van der Waals surface area contributed by atoms with Gasteiger partial charge in [0.1, 0.15) is 0 Å². The average Bonchev–Trinajstić information content (AvgIpc) is 3.29. The second-order valence-corrected chi connectivity index (χ2v) is 9.33. The first-order valence-corrected chi connectivity index (χ1v) is 11.5. The Hall–Kier alpha value is -2.88. The number of hydrogen-bond acceptors (Lipinski definition) is 3. The molecule has 0 unspecified atom stereocenters. The predicted octanol–water partition coefficient (Wildman–Crippen LogP) is 6.60. The number of allylic oxidation sites excluding steroid dienone is 3. The van der Waals surface area contributed by atoms with Crippen molar-refractivity contribution in [1.29, 1.82) is 0 Å². The van der Waals surface area contributed by atoms with Crippen molar-refractivity contribution in [3.05, 3.63) is 98.9 Å². The van der Waals surface area contributed by atoms with Crippen molar-refractivity contribution in [3.8, 4) is 11.1 Å². The fourth-order valence-electron chi connectivity index (χ4n) is 4.99. The van der Waals surface area contributed by atoms with Crippen molar-refractivity contribution in [2.45, 2.75) is 25.7 Å². The van der Waals surface area contributed by atoms with E-state index in [-0.39, 0.29) is 0 Å². The standard InChI is InChI=1S/C27H23NOS/c29-28-15-13-19(14-16-28)26-11-12-27(30-26)21-7-8-23-20(17-21)6-10-24-22-4-2-1-3-18(22)5-9-25(23)24/h1-4,6,10-15,17,29H,5,7-9,16H2. The van der Waals surface area contributed by atoms with Crippen LogP contribution < -0.4 is 0 Å². The van der Waals surface area contributed by atoms with E-state index in [1.54, 1.807) is 17.3 Å². The number of aryl methyl sites for hydroxylation is 1. The SMILES string of the molecule is ON1C=CC(c2ccc(C3=Cc4ccc5c(c4CC3)CCc3ccccc3-5)s2)=CC1. The Balaban J connectivity index is 1.34. The zero-order valence-electron chi connectivity index (χ0n) is 16.8. The van der Waals surface area contributed by atoms with Gasteiger partial charge in [-0.15, -0.1) is 11.3 Å². The molecule has 0 spiro atoms. The molecule has 3 heteroatoms. The van der Waals surface area contributed by atoms with Gasteiger partial charge in [-0.1, -0.05) is 48.6 Å². The van der Waals surface area contributed by atoms with Crippen molar-refractivity contribution in [1.82, 2.24) is 5.06 Å². The predicted molar refractivity (Wildman–Crippen MR) is 125 cm³/mol. The lowest BCUT2D eigenvalue weighted by Crippen LogP contribution is -2.13. The largest absolute Gasteiger partial charge is 0.289 e. The van der Waals surface area contributed by atoms with E-state index in [0.717, 1.165) is 25.7 Å². The second kappa shape index (κ2) is 7.12. The molecule has 30 heavy (non-hydrogen) atoms. The number of benzene rings is 2. The monoisotopic (exact) mass is 409 g/mol. The lowest BCUT2D eigenvalue weighted by molar-refractivity contribution is -0.0299. The summed E-state index contributed by atoms with van der Waals surface area (Å²) < 4.78 is 0. The summed E-state index contributed by atoms with van der Waals surface area (Å²) in [5.74, 6) is 0. The number of hydroxylamine groups is 2. The maximum Gasteiger partial charge on any atom is 0.0636 e. The van der Waals surface area contributed by atoms with Crippen LogP contribution in [0.5, 0.6) is 0 Å². The van der Waals surface area contributed by atoms with Crippen molar-refractivity contribution in [2.24, 2.45) is 0 Å². The van der Waals surface area contributed by atoms with Crippen molar-refractivity contribution >= 4 is 28.6 Å². The Morgan fingerprint density at radius 2 is 1.67 bits per heavy atom. The van der Waals surface area contributed by atoms with Crippen LogP contribution in [-0.2, 0) is 19.3 Å². The third-order valence-corrected chi connectivity index (χ3v) is 7.73. The van der Waals surface area contributed by atoms with Crippen LogP contribution in [0.25, 0.3) is 28.3 Å². The highest BCUT2D eigenvalue weighted by Gasteiger charge is 2.23. The highest BCUT2D eigenvalue weighted by molar-refractivity contribution is 7.14. The Morgan fingerprint density at radius 1 is 0.800 bits per heavy atom. The second-order valence-electron chi connectivity index (χ2n) is 8.25. The third kappa shape index (κ3) is 2.97. The first-order valence-electron chi connectivity index (χ1n) is 10.6. The number of fused-ring (bicyclic) bond motifs is 5. The van der Waals surface area contributed by atoms with Gasteiger partial charge in [0.25, 0.3) is 0 Å². The van der Waals surface area contributed by atoms with E-state index < -0.39 is 0 Å². The average molecular weight is 410 g/mol. The lowest BCUT2D eigenvalue weighted by Gasteiger charge is -2.26. The van der Waals surface area contributed by atoms with Gasteiger partial charge in [0.15, 0.2) is 0 Å². The number of rotatable bonds is 2. The van der Waals surface area contributed by atoms with Gasteiger partial charge in [-0.2, -0.15) is 0 Å². The van der Waals surface area contributed by atoms with Crippen LogP contribution in [0.1, 0.15) is 38.4 Å².